The van der Waals surface area contributed by atoms with Crippen LogP contribution in [0.25, 0.3) is 0 Å². The number of guanidine groups is 1. The smallest absolute Gasteiger partial charge is 0.265 e. The van der Waals surface area contributed by atoms with Crippen molar-refractivity contribution in [3.05, 3.63) is 60.2 Å². The third-order valence-electron chi connectivity index (χ3n) is 5.91. The van der Waals surface area contributed by atoms with Gasteiger partial charge in [-0.25, -0.2) is 0 Å². The molecule has 1 saturated heterocycles. The minimum absolute atomic E-state index is 0.00553. The van der Waals surface area contributed by atoms with Gasteiger partial charge in [0, 0.05) is 39.1 Å². The molecule has 2 aromatic rings. The minimum Gasteiger partial charge on any atom is -0.482 e. The number of likely N-dealkylation sites (tertiary alicyclic amines) is 1. The van der Waals surface area contributed by atoms with Gasteiger partial charge < -0.3 is 24.6 Å². The Bertz CT molecular complexity index is 918. The van der Waals surface area contributed by atoms with Gasteiger partial charge >= 0.3 is 0 Å². The van der Waals surface area contributed by atoms with Crippen LogP contribution in [0.1, 0.15) is 18.4 Å². The number of carbonyl (C=O) groups is 1. The van der Waals surface area contributed by atoms with Crippen molar-refractivity contribution < 1.29 is 14.3 Å². The monoisotopic (exact) mass is 436 g/mol. The number of ether oxygens (including phenoxy) is 2. The van der Waals surface area contributed by atoms with E-state index in [0.717, 1.165) is 56.5 Å². The summed E-state index contributed by atoms with van der Waals surface area (Å²) in [7, 11) is 1.82. The predicted octanol–water partition coefficient (Wildman–Crippen LogP) is 2.92. The van der Waals surface area contributed by atoms with Crippen LogP contribution in [-0.4, -0.2) is 63.2 Å². The summed E-state index contributed by atoms with van der Waals surface area (Å²) >= 11 is 0. The standard InChI is InChI=1S/C25H32N4O3/c1-26-25(28-15-12-21(16-28)18-31-17-20-8-3-2-4-9-20)27-13-7-14-29-22-10-5-6-11-23(22)32-19-24(29)30/h2-6,8-11,21H,7,12-19H2,1H3,(H,26,27). The molecular weight excluding hydrogens is 404 g/mol. The highest BCUT2D eigenvalue weighted by Crippen LogP contribution is 2.31. The van der Waals surface area contributed by atoms with Crippen LogP contribution >= 0.6 is 0 Å². The second-order valence-electron chi connectivity index (χ2n) is 8.23. The van der Waals surface area contributed by atoms with Crippen molar-refractivity contribution >= 4 is 17.6 Å². The molecule has 1 atom stereocenters. The molecule has 0 spiro atoms. The third kappa shape index (κ3) is 5.59. The number of para-hydroxylation sites is 2. The normalized spacial score (nSPS) is 18.5. The summed E-state index contributed by atoms with van der Waals surface area (Å²) in [5.41, 5.74) is 2.06. The molecule has 0 aliphatic carbocycles. The Kier molecular flexibility index (Phi) is 7.61. The lowest BCUT2D eigenvalue weighted by Crippen LogP contribution is -2.43. The number of aliphatic imine (C=N–C) groups is 1. The molecule has 1 fully saturated rings. The fourth-order valence-corrected chi connectivity index (χ4v) is 4.25. The van der Waals surface area contributed by atoms with Gasteiger partial charge in [0.2, 0.25) is 0 Å². The van der Waals surface area contributed by atoms with Crippen LogP contribution in [0.5, 0.6) is 5.75 Å². The molecule has 0 bridgehead atoms. The summed E-state index contributed by atoms with van der Waals surface area (Å²) in [5.74, 6) is 2.21. The molecule has 0 radical (unpaired) electrons. The number of hydrogen-bond donors (Lipinski definition) is 1. The Morgan fingerprint density at radius 2 is 2.00 bits per heavy atom. The molecule has 1 N–H and O–H groups in total. The van der Waals surface area contributed by atoms with Crippen LogP contribution in [0.15, 0.2) is 59.6 Å². The van der Waals surface area contributed by atoms with E-state index in [4.69, 9.17) is 9.47 Å². The topological polar surface area (TPSA) is 66.4 Å². The van der Waals surface area contributed by atoms with E-state index in [1.54, 1.807) is 0 Å². The first-order valence-electron chi connectivity index (χ1n) is 11.3. The summed E-state index contributed by atoms with van der Waals surface area (Å²) in [6.45, 7) is 4.87. The van der Waals surface area contributed by atoms with E-state index < -0.39 is 0 Å². The average molecular weight is 437 g/mol. The molecular formula is C25H32N4O3. The Balaban J connectivity index is 1.18. The fraction of sp³-hybridized carbons (Fsp3) is 0.440. The zero-order valence-corrected chi connectivity index (χ0v) is 18.7. The maximum atomic E-state index is 12.3. The second kappa shape index (κ2) is 11.0. The fourth-order valence-electron chi connectivity index (χ4n) is 4.25. The maximum Gasteiger partial charge on any atom is 0.265 e. The van der Waals surface area contributed by atoms with Crippen molar-refractivity contribution in [3.8, 4) is 5.75 Å². The number of nitrogens with one attached hydrogen (secondary N) is 1. The molecule has 4 rings (SSSR count). The molecule has 2 aliphatic rings. The number of nitrogens with zero attached hydrogens (tertiary/aromatic N) is 3. The molecule has 32 heavy (non-hydrogen) atoms. The van der Waals surface area contributed by atoms with E-state index >= 15 is 0 Å². The van der Waals surface area contributed by atoms with Crippen LogP contribution in [0, 0.1) is 5.92 Å². The number of hydrogen-bond acceptors (Lipinski definition) is 4. The number of carbonyl (C=O) groups excluding carboxylic acids is 1. The van der Waals surface area contributed by atoms with Crippen molar-refractivity contribution in [2.24, 2.45) is 10.9 Å². The van der Waals surface area contributed by atoms with E-state index in [2.05, 4.69) is 27.3 Å². The molecule has 1 unspecified atom stereocenters. The SMILES string of the molecule is CN=C(NCCCN1C(=O)COc2ccccc21)N1CCC(COCc2ccccc2)C1. The van der Waals surface area contributed by atoms with Crippen LogP contribution in [0.4, 0.5) is 5.69 Å². The van der Waals surface area contributed by atoms with E-state index in [0.29, 0.717) is 19.1 Å². The van der Waals surface area contributed by atoms with E-state index in [1.165, 1.54) is 5.56 Å². The van der Waals surface area contributed by atoms with E-state index in [1.807, 2.05) is 54.4 Å². The molecule has 2 heterocycles. The van der Waals surface area contributed by atoms with Crippen LogP contribution < -0.4 is 15.0 Å². The highest BCUT2D eigenvalue weighted by Gasteiger charge is 2.26. The first kappa shape index (κ1) is 22.1. The lowest BCUT2D eigenvalue weighted by atomic mass is 10.1. The van der Waals surface area contributed by atoms with Crippen molar-refractivity contribution in [1.29, 1.82) is 0 Å². The number of amides is 1. The minimum atomic E-state index is 0.00553. The second-order valence-corrected chi connectivity index (χ2v) is 8.23. The zero-order valence-electron chi connectivity index (χ0n) is 18.7. The number of rotatable bonds is 8. The average Bonchev–Trinajstić information content (AvgIpc) is 3.29. The van der Waals surface area contributed by atoms with Gasteiger partial charge in [-0.15, -0.1) is 0 Å². The van der Waals surface area contributed by atoms with Gasteiger partial charge in [0.25, 0.3) is 5.91 Å². The lowest BCUT2D eigenvalue weighted by molar-refractivity contribution is -0.121. The molecule has 2 aromatic carbocycles. The first-order valence-corrected chi connectivity index (χ1v) is 11.3. The van der Waals surface area contributed by atoms with E-state index in [9.17, 15) is 4.79 Å². The van der Waals surface area contributed by atoms with Crippen molar-refractivity contribution in [3.63, 3.8) is 0 Å². The number of fused-ring (bicyclic) bond motifs is 1. The zero-order chi connectivity index (χ0) is 22.2. The van der Waals surface area contributed by atoms with Gasteiger partial charge in [-0.2, -0.15) is 0 Å². The molecule has 1 amide bonds. The molecule has 7 heteroatoms. The largest absolute Gasteiger partial charge is 0.482 e. The highest BCUT2D eigenvalue weighted by molar-refractivity contribution is 5.97. The van der Waals surface area contributed by atoms with Gasteiger partial charge in [-0.05, 0) is 30.5 Å². The quantitative estimate of drug-likeness (QED) is 0.392. The van der Waals surface area contributed by atoms with E-state index in [-0.39, 0.29) is 12.5 Å². The van der Waals surface area contributed by atoms with Crippen LogP contribution in [0.3, 0.4) is 0 Å². The molecule has 0 saturated carbocycles. The summed E-state index contributed by atoms with van der Waals surface area (Å²) in [6, 6.07) is 18.0. The third-order valence-corrected chi connectivity index (χ3v) is 5.91. The summed E-state index contributed by atoms with van der Waals surface area (Å²) in [5, 5.41) is 3.46. The van der Waals surface area contributed by atoms with Crippen molar-refractivity contribution in [1.82, 2.24) is 10.2 Å². The van der Waals surface area contributed by atoms with Gasteiger partial charge in [0.05, 0.1) is 18.9 Å². The number of anilines is 1. The Morgan fingerprint density at radius 3 is 2.84 bits per heavy atom. The molecule has 2 aliphatic heterocycles. The summed E-state index contributed by atoms with van der Waals surface area (Å²) < 4.78 is 11.5. The summed E-state index contributed by atoms with van der Waals surface area (Å²) in [6.07, 6.45) is 1.94. The Hall–Kier alpha value is -3.06. The van der Waals surface area contributed by atoms with Crippen molar-refractivity contribution in [2.45, 2.75) is 19.4 Å². The molecule has 170 valence electrons. The maximum absolute atomic E-state index is 12.3. The Morgan fingerprint density at radius 1 is 1.19 bits per heavy atom. The van der Waals surface area contributed by atoms with Gasteiger partial charge in [-0.3, -0.25) is 9.79 Å². The van der Waals surface area contributed by atoms with Crippen molar-refractivity contribution in [2.75, 3.05) is 51.3 Å². The highest BCUT2D eigenvalue weighted by atomic mass is 16.5. The summed E-state index contributed by atoms with van der Waals surface area (Å²) in [4.78, 5) is 20.9. The molecule has 0 aromatic heterocycles. The van der Waals surface area contributed by atoms with Gasteiger partial charge in [0.1, 0.15) is 5.75 Å². The number of benzene rings is 2. The van der Waals surface area contributed by atoms with Crippen LogP contribution in [0.2, 0.25) is 0 Å². The first-order chi connectivity index (χ1) is 15.7. The predicted molar refractivity (Wildman–Crippen MR) is 126 cm³/mol. The molecule has 7 nitrogen and oxygen atoms in total. The lowest BCUT2D eigenvalue weighted by Gasteiger charge is -2.29. The Labute approximate surface area is 190 Å². The van der Waals surface area contributed by atoms with Gasteiger partial charge in [0.15, 0.2) is 12.6 Å². The van der Waals surface area contributed by atoms with Gasteiger partial charge in [-0.1, -0.05) is 42.5 Å². The van der Waals surface area contributed by atoms with Crippen LogP contribution in [-0.2, 0) is 16.1 Å².